The van der Waals surface area contributed by atoms with Crippen LogP contribution in [0.3, 0.4) is 0 Å². The minimum absolute atomic E-state index is 0.230. The molecule has 0 bridgehead atoms. The molecule has 1 aromatic rings. The summed E-state index contributed by atoms with van der Waals surface area (Å²) in [4.78, 5) is 12.5. The monoisotopic (exact) mass is 253 g/mol. The third-order valence-electron chi connectivity index (χ3n) is 2.31. The van der Waals surface area contributed by atoms with Crippen LogP contribution in [-0.2, 0) is 9.53 Å². The second kappa shape index (κ2) is 7.35. The van der Waals surface area contributed by atoms with Crippen LogP contribution < -0.4 is 5.73 Å². The van der Waals surface area contributed by atoms with Gasteiger partial charge in [-0.05, 0) is 30.4 Å². The van der Waals surface area contributed by atoms with Crippen molar-refractivity contribution >= 4 is 17.7 Å². The van der Waals surface area contributed by atoms with Gasteiger partial charge in [0.15, 0.2) is 0 Å². The van der Waals surface area contributed by atoms with Gasteiger partial charge in [-0.25, -0.2) is 0 Å². The normalized spacial score (nSPS) is 12.2. The number of thioether (sulfide) groups is 1. The third-order valence-corrected chi connectivity index (χ3v) is 3.21. The molecule has 0 aromatic heterocycles. The van der Waals surface area contributed by atoms with Crippen molar-refractivity contribution in [1.29, 1.82) is 0 Å². The molecular weight excluding hydrogens is 234 g/mol. The molecule has 0 radical (unpaired) electrons. The number of ether oxygens (including phenoxy) is 1. The van der Waals surface area contributed by atoms with Crippen LogP contribution in [0.1, 0.15) is 31.9 Å². The predicted octanol–water partition coefficient (Wildman–Crippen LogP) is 2.75. The molecule has 1 aromatic carbocycles. The van der Waals surface area contributed by atoms with Crippen molar-refractivity contribution < 1.29 is 9.53 Å². The maximum Gasteiger partial charge on any atom is 0.307 e. The predicted molar refractivity (Wildman–Crippen MR) is 71.0 cm³/mol. The van der Waals surface area contributed by atoms with Gasteiger partial charge < -0.3 is 10.5 Å². The molecule has 1 atom stereocenters. The topological polar surface area (TPSA) is 52.3 Å². The van der Waals surface area contributed by atoms with Crippen molar-refractivity contribution in [2.24, 2.45) is 5.73 Å². The maximum atomic E-state index is 11.3. The van der Waals surface area contributed by atoms with Crippen molar-refractivity contribution in [3.63, 3.8) is 0 Å². The molecule has 17 heavy (non-hydrogen) atoms. The molecule has 1 rings (SSSR count). The van der Waals surface area contributed by atoms with Crippen LogP contribution in [0, 0.1) is 0 Å². The Labute approximate surface area is 107 Å². The van der Waals surface area contributed by atoms with Gasteiger partial charge in [-0.3, -0.25) is 4.79 Å². The molecule has 94 valence electrons. The number of rotatable bonds is 6. The molecule has 0 amide bonds. The molecular formula is C13H19NO2S. The molecule has 0 saturated carbocycles. The summed E-state index contributed by atoms with van der Waals surface area (Å²) in [6.07, 6.45) is 0.230. The second-order valence-electron chi connectivity index (χ2n) is 3.62. The first-order valence-electron chi connectivity index (χ1n) is 5.81. The van der Waals surface area contributed by atoms with E-state index in [1.165, 1.54) is 4.90 Å². The minimum Gasteiger partial charge on any atom is -0.466 e. The Hall–Kier alpha value is -1.00. The van der Waals surface area contributed by atoms with Crippen molar-refractivity contribution in [1.82, 2.24) is 0 Å². The highest BCUT2D eigenvalue weighted by Gasteiger charge is 2.12. The number of benzene rings is 1. The zero-order chi connectivity index (χ0) is 12.7. The Kier molecular flexibility index (Phi) is 6.08. The lowest BCUT2D eigenvalue weighted by molar-refractivity contribution is -0.143. The zero-order valence-electron chi connectivity index (χ0n) is 10.3. The fourth-order valence-corrected chi connectivity index (χ4v) is 2.16. The van der Waals surface area contributed by atoms with Crippen LogP contribution in [0.25, 0.3) is 0 Å². The summed E-state index contributed by atoms with van der Waals surface area (Å²) in [7, 11) is 0. The van der Waals surface area contributed by atoms with Gasteiger partial charge in [0.2, 0.25) is 0 Å². The van der Waals surface area contributed by atoms with E-state index >= 15 is 0 Å². The van der Waals surface area contributed by atoms with Crippen LogP contribution in [0.5, 0.6) is 0 Å². The van der Waals surface area contributed by atoms with E-state index in [0.29, 0.717) is 6.61 Å². The highest BCUT2D eigenvalue weighted by Crippen LogP contribution is 2.21. The summed E-state index contributed by atoms with van der Waals surface area (Å²) < 4.78 is 4.87. The average molecular weight is 253 g/mol. The molecule has 0 unspecified atom stereocenters. The smallest absolute Gasteiger partial charge is 0.307 e. The summed E-state index contributed by atoms with van der Waals surface area (Å²) in [5, 5.41) is 0. The maximum absolute atomic E-state index is 11.3. The second-order valence-corrected chi connectivity index (χ2v) is 4.96. The van der Waals surface area contributed by atoms with Gasteiger partial charge in [0.25, 0.3) is 0 Å². The standard InChI is InChI=1S/C13H19NO2S/c1-3-16-13(15)9-12(14)10-5-7-11(8-6-10)17-4-2/h5-8,12H,3-4,9,14H2,1-2H3/t12-/m1/s1. The number of carbonyl (C=O) groups is 1. The van der Waals surface area contributed by atoms with E-state index in [0.717, 1.165) is 11.3 Å². The largest absolute Gasteiger partial charge is 0.466 e. The lowest BCUT2D eigenvalue weighted by Gasteiger charge is -2.11. The molecule has 0 aliphatic heterocycles. The first kappa shape index (κ1) is 14.1. The van der Waals surface area contributed by atoms with Crippen LogP contribution in [-0.4, -0.2) is 18.3 Å². The van der Waals surface area contributed by atoms with Crippen LogP contribution in [0.15, 0.2) is 29.2 Å². The van der Waals surface area contributed by atoms with E-state index in [-0.39, 0.29) is 18.4 Å². The van der Waals surface area contributed by atoms with Gasteiger partial charge >= 0.3 is 5.97 Å². The Morgan fingerprint density at radius 3 is 2.53 bits per heavy atom. The van der Waals surface area contributed by atoms with Gasteiger partial charge in [0.05, 0.1) is 13.0 Å². The van der Waals surface area contributed by atoms with E-state index in [1.54, 1.807) is 18.7 Å². The van der Waals surface area contributed by atoms with E-state index < -0.39 is 0 Å². The molecule has 0 fully saturated rings. The van der Waals surface area contributed by atoms with Gasteiger partial charge in [0, 0.05) is 10.9 Å². The van der Waals surface area contributed by atoms with Crippen LogP contribution >= 0.6 is 11.8 Å². The Morgan fingerprint density at radius 2 is 2.00 bits per heavy atom. The van der Waals surface area contributed by atoms with E-state index in [2.05, 4.69) is 6.92 Å². The summed E-state index contributed by atoms with van der Waals surface area (Å²) in [5.41, 5.74) is 6.91. The Bertz CT molecular complexity index is 351. The fraction of sp³-hybridized carbons (Fsp3) is 0.462. The lowest BCUT2D eigenvalue weighted by atomic mass is 10.1. The van der Waals surface area contributed by atoms with Crippen LogP contribution in [0.4, 0.5) is 0 Å². The molecule has 0 spiro atoms. The molecule has 3 nitrogen and oxygen atoms in total. The van der Waals surface area contributed by atoms with Gasteiger partial charge in [0.1, 0.15) is 0 Å². The summed E-state index contributed by atoms with van der Waals surface area (Å²) >= 11 is 1.79. The first-order valence-corrected chi connectivity index (χ1v) is 6.79. The first-order chi connectivity index (χ1) is 8.17. The minimum atomic E-state index is -0.283. The number of hydrogen-bond acceptors (Lipinski definition) is 4. The highest BCUT2D eigenvalue weighted by molar-refractivity contribution is 7.99. The SMILES string of the molecule is CCOC(=O)C[C@@H](N)c1ccc(SCC)cc1. The van der Waals surface area contributed by atoms with E-state index in [9.17, 15) is 4.79 Å². The zero-order valence-corrected chi connectivity index (χ0v) is 11.1. The number of hydrogen-bond donors (Lipinski definition) is 1. The number of esters is 1. The van der Waals surface area contributed by atoms with Gasteiger partial charge in [-0.2, -0.15) is 0 Å². The van der Waals surface area contributed by atoms with Crippen molar-refractivity contribution in [2.45, 2.75) is 31.2 Å². The van der Waals surface area contributed by atoms with Crippen molar-refractivity contribution in [3.05, 3.63) is 29.8 Å². The average Bonchev–Trinajstić information content (AvgIpc) is 2.30. The molecule has 0 aliphatic rings. The summed E-state index contributed by atoms with van der Waals surface area (Å²) in [6, 6.07) is 7.74. The Balaban J connectivity index is 2.56. The van der Waals surface area contributed by atoms with E-state index in [4.69, 9.17) is 10.5 Å². The molecule has 4 heteroatoms. The molecule has 2 N–H and O–H groups in total. The van der Waals surface area contributed by atoms with Gasteiger partial charge in [-0.1, -0.05) is 19.1 Å². The van der Waals surface area contributed by atoms with Crippen molar-refractivity contribution in [2.75, 3.05) is 12.4 Å². The lowest BCUT2D eigenvalue weighted by Crippen LogP contribution is -2.17. The quantitative estimate of drug-likeness (QED) is 0.625. The molecule has 0 heterocycles. The third kappa shape index (κ3) is 4.79. The fourth-order valence-electron chi connectivity index (χ4n) is 1.50. The number of carbonyl (C=O) groups excluding carboxylic acids is 1. The summed E-state index contributed by atoms with van der Waals surface area (Å²) in [6.45, 7) is 4.31. The summed E-state index contributed by atoms with van der Waals surface area (Å²) in [5.74, 6) is 0.806. The molecule has 0 aliphatic carbocycles. The highest BCUT2D eigenvalue weighted by atomic mass is 32.2. The Morgan fingerprint density at radius 1 is 1.35 bits per heavy atom. The molecule has 0 saturated heterocycles. The number of nitrogens with two attached hydrogens (primary N) is 1. The van der Waals surface area contributed by atoms with Crippen molar-refractivity contribution in [3.8, 4) is 0 Å². The van der Waals surface area contributed by atoms with Crippen LogP contribution in [0.2, 0.25) is 0 Å². The van der Waals surface area contributed by atoms with Gasteiger partial charge in [-0.15, -0.1) is 11.8 Å². The van der Waals surface area contributed by atoms with E-state index in [1.807, 2.05) is 24.3 Å².